The first-order valence-corrected chi connectivity index (χ1v) is 7.18. The van der Waals surface area contributed by atoms with Gasteiger partial charge in [-0.1, -0.05) is 35.9 Å². The number of aryl methyl sites for hydroxylation is 2. The third-order valence-corrected chi connectivity index (χ3v) is 3.45. The molecule has 0 fully saturated rings. The number of hydrogen-bond donors (Lipinski definition) is 2. The summed E-state index contributed by atoms with van der Waals surface area (Å²) in [6, 6.07) is 14.1. The number of rotatable bonds is 5. The van der Waals surface area contributed by atoms with E-state index in [4.69, 9.17) is 0 Å². The molecule has 0 heterocycles. The first kappa shape index (κ1) is 18.2. The van der Waals surface area contributed by atoms with E-state index in [9.17, 15) is 4.79 Å². The van der Waals surface area contributed by atoms with Crippen LogP contribution in [0.1, 0.15) is 22.3 Å². The van der Waals surface area contributed by atoms with Crippen LogP contribution < -0.4 is 10.6 Å². The molecule has 0 unspecified atom stereocenters. The lowest BCUT2D eigenvalue weighted by Gasteiger charge is -2.09. The standard InChI is InChI=1S/C18H22N2O.ClH/c1-13-7-8-14(2)16(9-13)11-18(21)20-17-6-4-5-15(10-17)12-19-3;/h4-10,19H,11-12H2,1-3H3,(H,20,21);1H. The van der Waals surface area contributed by atoms with Gasteiger partial charge in [-0.25, -0.2) is 0 Å². The summed E-state index contributed by atoms with van der Waals surface area (Å²) in [4.78, 5) is 12.2. The molecule has 0 saturated heterocycles. The van der Waals surface area contributed by atoms with Crippen LogP contribution in [0.15, 0.2) is 42.5 Å². The second-order valence-electron chi connectivity index (χ2n) is 5.39. The Morgan fingerprint density at radius 2 is 1.86 bits per heavy atom. The van der Waals surface area contributed by atoms with Gasteiger partial charge in [0.05, 0.1) is 6.42 Å². The van der Waals surface area contributed by atoms with Crippen LogP contribution in [0.5, 0.6) is 0 Å². The lowest BCUT2D eigenvalue weighted by Crippen LogP contribution is -2.15. The highest BCUT2D eigenvalue weighted by Gasteiger charge is 2.07. The van der Waals surface area contributed by atoms with Gasteiger partial charge in [0.15, 0.2) is 0 Å². The molecule has 2 N–H and O–H groups in total. The van der Waals surface area contributed by atoms with E-state index in [1.165, 1.54) is 5.56 Å². The van der Waals surface area contributed by atoms with Crippen molar-refractivity contribution in [2.75, 3.05) is 12.4 Å². The van der Waals surface area contributed by atoms with Crippen LogP contribution in [-0.2, 0) is 17.8 Å². The van der Waals surface area contributed by atoms with Crippen molar-refractivity contribution in [1.82, 2.24) is 5.32 Å². The Hall–Kier alpha value is -1.84. The molecule has 0 aliphatic rings. The van der Waals surface area contributed by atoms with Crippen LogP contribution in [0.25, 0.3) is 0 Å². The molecule has 0 saturated carbocycles. The number of carbonyl (C=O) groups excluding carboxylic acids is 1. The van der Waals surface area contributed by atoms with E-state index in [-0.39, 0.29) is 18.3 Å². The van der Waals surface area contributed by atoms with Crippen LogP contribution >= 0.6 is 12.4 Å². The van der Waals surface area contributed by atoms with Crippen molar-refractivity contribution in [3.63, 3.8) is 0 Å². The van der Waals surface area contributed by atoms with Gasteiger partial charge in [-0.3, -0.25) is 4.79 Å². The fraction of sp³-hybridized carbons (Fsp3) is 0.278. The normalized spacial score (nSPS) is 9.95. The monoisotopic (exact) mass is 318 g/mol. The van der Waals surface area contributed by atoms with Crippen LogP contribution in [0.2, 0.25) is 0 Å². The predicted molar refractivity (Wildman–Crippen MR) is 94.7 cm³/mol. The number of nitrogens with one attached hydrogen (secondary N) is 2. The molecule has 0 bridgehead atoms. The molecule has 1 amide bonds. The highest BCUT2D eigenvalue weighted by atomic mass is 35.5. The zero-order valence-electron chi connectivity index (χ0n) is 13.3. The predicted octanol–water partition coefficient (Wildman–Crippen LogP) is 3.63. The molecule has 0 atom stereocenters. The first-order valence-electron chi connectivity index (χ1n) is 7.18. The maximum absolute atomic E-state index is 12.2. The van der Waals surface area contributed by atoms with Crippen molar-refractivity contribution in [1.29, 1.82) is 0 Å². The zero-order valence-corrected chi connectivity index (χ0v) is 14.1. The zero-order chi connectivity index (χ0) is 15.2. The van der Waals surface area contributed by atoms with Gasteiger partial charge >= 0.3 is 0 Å². The minimum atomic E-state index is 0. The summed E-state index contributed by atoms with van der Waals surface area (Å²) in [7, 11) is 1.91. The summed E-state index contributed by atoms with van der Waals surface area (Å²) < 4.78 is 0. The Balaban J connectivity index is 0.00000242. The third-order valence-electron chi connectivity index (χ3n) is 3.45. The Labute approximate surface area is 138 Å². The molecule has 2 aromatic carbocycles. The maximum atomic E-state index is 12.2. The number of hydrogen-bond acceptors (Lipinski definition) is 2. The lowest BCUT2D eigenvalue weighted by molar-refractivity contribution is -0.115. The molecule has 0 aliphatic heterocycles. The Kier molecular flexibility index (Phi) is 7.09. The molecule has 0 aromatic heterocycles. The highest BCUT2D eigenvalue weighted by Crippen LogP contribution is 2.14. The Morgan fingerprint density at radius 3 is 2.59 bits per heavy atom. The summed E-state index contributed by atoms with van der Waals surface area (Å²) in [5, 5.41) is 6.07. The van der Waals surface area contributed by atoms with Gasteiger partial charge in [0.25, 0.3) is 0 Å². The van der Waals surface area contributed by atoms with Crippen molar-refractivity contribution in [2.45, 2.75) is 26.8 Å². The molecule has 22 heavy (non-hydrogen) atoms. The number of carbonyl (C=O) groups is 1. The van der Waals surface area contributed by atoms with Crippen LogP contribution in [0.4, 0.5) is 5.69 Å². The minimum absolute atomic E-state index is 0. The molecular weight excluding hydrogens is 296 g/mol. The average molecular weight is 319 g/mol. The van der Waals surface area contributed by atoms with Gasteiger partial charge in [-0.2, -0.15) is 0 Å². The van der Waals surface area contributed by atoms with Crippen molar-refractivity contribution in [3.05, 3.63) is 64.7 Å². The topological polar surface area (TPSA) is 41.1 Å². The largest absolute Gasteiger partial charge is 0.326 e. The minimum Gasteiger partial charge on any atom is -0.326 e. The van der Waals surface area contributed by atoms with Gasteiger partial charge in [-0.15, -0.1) is 12.4 Å². The number of anilines is 1. The summed E-state index contributed by atoms with van der Waals surface area (Å²) in [5.74, 6) is 0.0188. The quantitative estimate of drug-likeness (QED) is 0.884. The summed E-state index contributed by atoms with van der Waals surface area (Å²) >= 11 is 0. The summed E-state index contributed by atoms with van der Waals surface area (Å²) in [5.41, 5.74) is 5.41. The molecule has 0 aliphatic carbocycles. The first-order chi connectivity index (χ1) is 10.1. The number of benzene rings is 2. The van der Waals surface area contributed by atoms with Crippen molar-refractivity contribution >= 4 is 24.0 Å². The average Bonchev–Trinajstić information content (AvgIpc) is 2.43. The van der Waals surface area contributed by atoms with E-state index in [1.54, 1.807) is 0 Å². The van der Waals surface area contributed by atoms with E-state index in [1.807, 2.05) is 45.2 Å². The van der Waals surface area contributed by atoms with E-state index in [0.717, 1.165) is 28.9 Å². The Bertz CT molecular complexity index is 641. The third kappa shape index (κ3) is 5.17. The van der Waals surface area contributed by atoms with Gasteiger partial charge < -0.3 is 10.6 Å². The SMILES string of the molecule is CNCc1cccc(NC(=O)Cc2cc(C)ccc2C)c1.Cl. The molecule has 0 radical (unpaired) electrons. The molecule has 3 nitrogen and oxygen atoms in total. The van der Waals surface area contributed by atoms with Crippen molar-refractivity contribution in [3.8, 4) is 0 Å². The van der Waals surface area contributed by atoms with E-state index in [0.29, 0.717) is 6.42 Å². The second kappa shape index (κ2) is 8.57. The molecule has 2 rings (SSSR count). The van der Waals surface area contributed by atoms with Gasteiger partial charge in [0, 0.05) is 12.2 Å². The fourth-order valence-electron chi connectivity index (χ4n) is 2.33. The fourth-order valence-corrected chi connectivity index (χ4v) is 2.33. The van der Waals surface area contributed by atoms with E-state index >= 15 is 0 Å². The summed E-state index contributed by atoms with van der Waals surface area (Å²) in [6.07, 6.45) is 0.407. The molecule has 0 spiro atoms. The molecular formula is C18H23ClN2O. The smallest absolute Gasteiger partial charge is 0.228 e. The lowest BCUT2D eigenvalue weighted by atomic mass is 10.0. The van der Waals surface area contributed by atoms with Crippen LogP contribution in [-0.4, -0.2) is 13.0 Å². The Morgan fingerprint density at radius 1 is 1.09 bits per heavy atom. The van der Waals surface area contributed by atoms with Crippen LogP contribution in [0.3, 0.4) is 0 Å². The van der Waals surface area contributed by atoms with E-state index < -0.39 is 0 Å². The van der Waals surface area contributed by atoms with Gasteiger partial charge in [0.2, 0.25) is 5.91 Å². The second-order valence-corrected chi connectivity index (χ2v) is 5.39. The highest BCUT2D eigenvalue weighted by molar-refractivity contribution is 5.92. The van der Waals surface area contributed by atoms with Gasteiger partial charge in [-0.05, 0) is 49.7 Å². The maximum Gasteiger partial charge on any atom is 0.228 e. The summed E-state index contributed by atoms with van der Waals surface area (Å²) in [6.45, 7) is 4.87. The van der Waals surface area contributed by atoms with Gasteiger partial charge in [0.1, 0.15) is 0 Å². The van der Waals surface area contributed by atoms with Crippen molar-refractivity contribution < 1.29 is 4.79 Å². The molecule has 118 valence electrons. The number of halogens is 1. The number of amides is 1. The molecule has 2 aromatic rings. The molecule has 4 heteroatoms. The van der Waals surface area contributed by atoms with E-state index in [2.05, 4.69) is 28.8 Å². The van der Waals surface area contributed by atoms with Crippen LogP contribution in [0, 0.1) is 13.8 Å². The van der Waals surface area contributed by atoms with Crippen molar-refractivity contribution in [2.24, 2.45) is 0 Å².